The maximum Gasteiger partial charge on any atom is 0.136 e. The summed E-state index contributed by atoms with van der Waals surface area (Å²) in [6.07, 6.45) is 0. The highest BCUT2D eigenvalue weighted by atomic mass is 13.7. The zero-order valence-corrected chi connectivity index (χ0v) is 5.15. The normalized spacial score (nSPS) is 9.50. The van der Waals surface area contributed by atoms with Crippen LogP contribution < -0.4 is 0 Å². The maximum atomic E-state index is 2.24. The smallest absolute Gasteiger partial charge is 0.0861 e. The van der Waals surface area contributed by atoms with Crippen LogP contribution in [0.4, 0.5) is 0 Å². The summed E-state index contributed by atoms with van der Waals surface area (Å²) in [4.78, 5) is 0. The van der Waals surface area contributed by atoms with Crippen molar-refractivity contribution in [1.29, 1.82) is 0 Å². The van der Waals surface area contributed by atoms with Gasteiger partial charge >= 0.3 is 0 Å². The van der Waals surface area contributed by atoms with Crippen LogP contribution in [0, 0.1) is 0 Å². The lowest BCUT2D eigenvalue weighted by Gasteiger charge is -2.01. The van der Waals surface area contributed by atoms with E-state index in [4.69, 9.17) is 0 Å². The van der Waals surface area contributed by atoms with E-state index in [0.717, 1.165) is 12.5 Å². The molecule has 36 valence electrons. The van der Waals surface area contributed by atoms with Crippen LogP contribution in [0.15, 0.2) is 0 Å². The van der Waals surface area contributed by atoms with E-state index < -0.39 is 0 Å². The van der Waals surface area contributed by atoms with Crippen molar-refractivity contribution in [2.24, 2.45) is 0 Å². The summed E-state index contributed by atoms with van der Waals surface area (Å²) < 4.78 is 0. The van der Waals surface area contributed by atoms with Crippen LogP contribution in [0.1, 0.15) is 13.8 Å². The number of hydrogen-bond acceptors (Lipinski definition) is 0. The van der Waals surface area contributed by atoms with Crippen molar-refractivity contribution in [3.63, 3.8) is 0 Å². The fourth-order valence-corrected chi connectivity index (χ4v) is 0. The van der Waals surface area contributed by atoms with Crippen molar-refractivity contribution >= 4 is 6.71 Å². The Balaban J connectivity index is 2.99. The van der Waals surface area contributed by atoms with Crippen molar-refractivity contribution in [3.8, 4) is 0 Å². The van der Waals surface area contributed by atoms with E-state index in [2.05, 4.69) is 27.5 Å². The first-order valence-corrected chi connectivity index (χ1v) is 2.64. The van der Waals surface area contributed by atoms with Gasteiger partial charge in [0.1, 0.15) is 6.71 Å². The fourth-order valence-electron chi connectivity index (χ4n) is 0. The van der Waals surface area contributed by atoms with Crippen molar-refractivity contribution in [1.82, 2.24) is 0 Å². The van der Waals surface area contributed by atoms with Crippen LogP contribution in [0.5, 0.6) is 0 Å². The Bertz CT molecular complexity index is 24.9. The molecule has 0 amide bonds. The first-order valence-electron chi connectivity index (χ1n) is 2.64. The monoisotopic (exact) mass is 84.1 g/mol. The zero-order chi connectivity index (χ0) is 5.15. The van der Waals surface area contributed by atoms with Crippen LogP contribution in [0.3, 0.4) is 0 Å². The minimum absolute atomic E-state index is 0.852. The molecule has 0 aliphatic carbocycles. The van der Waals surface area contributed by atoms with Gasteiger partial charge in [0.05, 0.1) is 0 Å². The summed E-state index contributed by atoms with van der Waals surface area (Å²) in [5.41, 5.74) is 0. The van der Waals surface area contributed by atoms with E-state index in [9.17, 15) is 0 Å². The van der Waals surface area contributed by atoms with Gasteiger partial charge in [0, 0.05) is 0 Å². The molecule has 6 heavy (non-hydrogen) atoms. The van der Waals surface area contributed by atoms with Crippen molar-refractivity contribution in [2.75, 3.05) is 0 Å². The maximum absolute atomic E-state index is 2.24. The number of rotatable bonds is 1. The van der Waals surface area contributed by atoms with Gasteiger partial charge in [-0.15, -0.1) is 0 Å². The van der Waals surface area contributed by atoms with Crippen LogP contribution in [0.2, 0.25) is 19.5 Å². The largest absolute Gasteiger partial charge is 0.136 e. The van der Waals surface area contributed by atoms with E-state index in [0.29, 0.717) is 0 Å². The molecule has 0 aromatic carbocycles. The summed E-state index contributed by atoms with van der Waals surface area (Å²) in [5.74, 6) is 0.852. The highest BCUT2D eigenvalue weighted by molar-refractivity contribution is 6.57. The van der Waals surface area contributed by atoms with Gasteiger partial charge in [-0.25, -0.2) is 0 Å². The van der Waals surface area contributed by atoms with Gasteiger partial charge in [0.15, 0.2) is 0 Å². The minimum Gasteiger partial charge on any atom is -0.0861 e. The molecule has 0 aromatic heterocycles. The lowest BCUT2D eigenvalue weighted by Crippen LogP contribution is -2.03. The summed E-state index contributed by atoms with van der Waals surface area (Å²) in [7, 11) is 0. The molecule has 0 nitrogen and oxygen atoms in total. The van der Waals surface area contributed by atoms with E-state index in [-0.39, 0.29) is 0 Å². The fraction of sp³-hybridized carbons (Fsp3) is 1.00. The highest BCUT2D eigenvalue weighted by Crippen LogP contribution is 2.04. The molecule has 0 aliphatic rings. The van der Waals surface area contributed by atoms with Gasteiger partial charge in [-0.3, -0.25) is 0 Å². The van der Waals surface area contributed by atoms with Gasteiger partial charge in [0.2, 0.25) is 0 Å². The molecule has 0 unspecified atom stereocenters. The van der Waals surface area contributed by atoms with Gasteiger partial charge < -0.3 is 0 Å². The zero-order valence-electron chi connectivity index (χ0n) is 5.15. The molecular formula is C5H13B. The average Bonchev–Trinajstić information content (AvgIpc) is 1.36. The SMILES string of the molecule is CB(C)C(C)C. The molecule has 0 rings (SSSR count). The second-order valence-electron chi connectivity index (χ2n) is 2.49. The lowest BCUT2D eigenvalue weighted by molar-refractivity contribution is 1.04. The summed E-state index contributed by atoms with van der Waals surface area (Å²) in [6, 6.07) is 0. The van der Waals surface area contributed by atoms with Crippen LogP contribution >= 0.6 is 0 Å². The molecule has 0 bridgehead atoms. The molecule has 0 fully saturated rings. The third kappa shape index (κ3) is 2.31. The Kier molecular flexibility index (Phi) is 2.30. The Hall–Kier alpha value is 0.0649. The van der Waals surface area contributed by atoms with Crippen molar-refractivity contribution in [2.45, 2.75) is 33.3 Å². The Morgan fingerprint density at radius 3 is 1.33 bits per heavy atom. The molecule has 0 saturated carbocycles. The molecule has 0 aliphatic heterocycles. The molecule has 0 heterocycles. The Morgan fingerprint density at radius 1 is 1.17 bits per heavy atom. The van der Waals surface area contributed by atoms with Gasteiger partial charge in [-0.05, 0) is 0 Å². The van der Waals surface area contributed by atoms with Gasteiger partial charge in [-0.1, -0.05) is 33.3 Å². The van der Waals surface area contributed by atoms with Gasteiger partial charge in [0.25, 0.3) is 0 Å². The third-order valence-corrected chi connectivity index (χ3v) is 1.33. The predicted molar refractivity (Wildman–Crippen MR) is 32.6 cm³/mol. The molecule has 1 heteroatoms. The van der Waals surface area contributed by atoms with E-state index >= 15 is 0 Å². The summed E-state index contributed by atoms with van der Waals surface area (Å²) in [6.45, 7) is 9.81. The molecule has 0 N–H and O–H groups in total. The van der Waals surface area contributed by atoms with Gasteiger partial charge in [-0.2, -0.15) is 0 Å². The molecule has 0 aromatic rings. The average molecular weight is 84.0 g/mol. The quantitative estimate of drug-likeness (QED) is 0.427. The van der Waals surface area contributed by atoms with Crippen LogP contribution in [0.25, 0.3) is 0 Å². The van der Waals surface area contributed by atoms with E-state index in [1.165, 1.54) is 0 Å². The molecule has 0 atom stereocenters. The lowest BCUT2D eigenvalue weighted by atomic mass is 9.46. The molecule has 0 saturated heterocycles. The van der Waals surface area contributed by atoms with Crippen molar-refractivity contribution < 1.29 is 0 Å². The van der Waals surface area contributed by atoms with Crippen molar-refractivity contribution in [3.05, 3.63) is 0 Å². The van der Waals surface area contributed by atoms with Crippen LogP contribution in [-0.4, -0.2) is 6.71 Å². The standard InChI is InChI=1S/C5H13B/c1-5(2)6(3)4/h5H,1-4H3. The Morgan fingerprint density at radius 2 is 1.33 bits per heavy atom. The molecular weight excluding hydrogens is 70.9 g/mol. The minimum atomic E-state index is 0.852. The van der Waals surface area contributed by atoms with E-state index in [1.807, 2.05) is 0 Å². The highest BCUT2D eigenvalue weighted by Gasteiger charge is 2.00. The second kappa shape index (κ2) is 2.28. The molecule has 0 radical (unpaired) electrons. The second-order valence-corrected chi connectivity index (χ2v) is 2.49. The third-order valence-electron chi connectivity index (χ3n) is 1.33. The molecule has 0 spiro atoms. The first-order chi connectivity index (χ1) is 2.64. The summed E-state index contributed by atoms with van der Waals surface area (Å²) >= 11 is 0. The summed E-state index contributed by atoms with van der Waals surface area (Å²) in [5, 5.41) is 0. The predicted octanol–water partition coefficient (Wildman–Crippen LogP) is 2.15. The first kappa shape index (κ1) is 6.06. The number of hydrogen-bond donors (Lipinski definition) is 0. The van der Waals surface area contributed by atoms with E-state index in [1.54, 1.807) is 0 Å². The van der Waals surface area contributed by atoms with Crippen LogP contribution in [-0.2, 0) is 0 Å². The Labute approximate surface area is 41.0 Å². The topological polar surface area (TPSA) is 0 Å².